The van der Waals surface area contributed by atoms with E-state index < -0.39 is 10.0 Å². The summed E-state index contributed by atoms with van der Waals surface area (Å²) < 4.78 is 41.1. The van der Waals surface area contributed by atoms with Crippen LogP contribution in [0, 0.1) is 0 Å². The molecule has 0 fully saturated rings. The summed E-state index contributed by atoms with van der Waals surface area (Å²) in [5.41, 5.74) is 2.10. The highest BCUT2D eigenvalue weighted by Gasteiger charge is 2.25. The molecule has 0 saturated heterocycles. The monoisotopic (exact) mass is 512 g/mol. The lowest BCUT2D eigenvalue weighted by atomic mass is 9.78. The SMILES string of the molecule is CCCOc1c(Cl)cc(C(C)(C)c2ccc(OCc3coc(NS(C)(=O)=O)n3)cc2)cc1Cl. The van der Waals surface area contributed by atoms with E-state index in [1.54, 1.807) is 0 Å². The highest BCUT2D eigenvalue weighted by molar-refractivity contribution is 7.91. The Labute approximate surface area is 204 Å². The summed E-state index contributed by atoms with van der Waals surface area (Å²) in [4.78, 5) is 4.03. The molecule has 0 aliphatic carbocycles. The third kappa shape index (κ3) is 6.56. The van der Waals surface area contributed by atoms with E-state index in [9.17, 15) is 8.42 Å². The smallest absolute Gasteiger partial charge is 0.308 e. The van der Waals surface area contributed by atoms with Crippen LogP contribution in [0.5, 0.6) is 11.5 Å². The molecular weight excluding hydrogens is 487 g/mol. The fourth-order valence-electron chi connectivity index (χ4n) is 3.13. The minimum absolute atomic E-state index is 0.100. The zero-order chi connectivity index (χ0) is 24.2. The molecule has 0 bridgehead atoms. The van der Waals surface area contributed by atoms with E-state index in [0.29, 0.717) is 33.8 Å². The van der Waals surface area contributed by atoms with E-state index >= 15 is 0 Å². The number of rotatable bonds is 10. The maximum Gasteiger partial charge on any atom is 0.308 e. The number of nitrogens with zero attached hydrogens (tertiary/aromatic N) is 1. The number of aromatic nitrogens is 1. The van der Waals surface area contributed by atoms with Gasteiger partial charge in [0.15, 0.2) is 5.75 Å². The van der Waals surface area contributed by atoms with Crippen molar-refractivity contribution in [2.45, 2.75) is 39.2 Å². The number of sulfonamides is 1. The van der Waals surface area contributed by atoms with Crippen molar-refractivity contribution in [2.75, 3.05) is 17.6 Å². The highest BCUT2D eigenvalue weighted by atomic mass is 35.5. The molecule has 1 N–H and O–H groups in total. The van der Waals surface area contributed by atoms with Gasteiger partial charge in [-0.1, -0.05) is 56.1 Å². The predicted octanol–water partition coefficient (Wildman–Crippen LogP) is 6.05. The molecule has 0 aliphatic heterocycles. The van der Waals surface area contributed by atoms with E-state index in [2.05, 4.69) is 23.6 Å². The zero-order valence-corrected chi connectivity index (χ0v) is 21.1. The van der Waals surface area contributed by atoms with Crippen LogP contribution in [0.15, 0.2) is 47.1 Å². The fourth-order valence-corrected chi connectivity index (χ4v) is 4.14. The largest absolute Gasteiger partial charge is 0.490 e. The molecule has 3 rings (SSSR count). The van der Waals surface area contributed by atoms with E-state index in [0.717, 1.165) is 23.8 Å². The molecule has 0 atom stereocenters. The molecule has 0 radical (unpaired) electrons. The molecule has 1 aromatic heterocycles. The molecule has 0 saturated carbocycles. The Balaban J connectivity index is 1.70. The number of oxazole rings is 1. The van der Waals surface area contributed by atoms with E-state index in [1.165, 1.54) is 6.26 Å². The van der Waals surface area contributed by atoms with Gasteiger partial charge in [-0.05, 0) is 41.8 Å². The van der Waals surface area contributed by atoms with E-state index in [-0.39, 0.29) is 18.0 Å². The van der Waals surface area contributed by atoms with Crippen molar-refractivity contribution < 1.29 is 22.3 Å². The number of nitrogens with one attached hydrogen (secondary N) is 1. The Morgan fingerprint density at radius 3 is 2.27 bits per heavy atom. The Kier molecular flexibility index (Phi) is 7.82. The molecule has 0 unspecified atom stereocenters. The normalized spacial score (nSPS) is 11.9. The van der Waals surface area contributed by atoms with Crippen LogP contribution in [0.3, 0.4) is 0 Å². The predicted molar refractivity (Wildman–Crippen MR) is 130 cm³/mol. The van der Waals surface area contributed by atoms with Gasteiger partial charge >= 0.3 is 6.01 Å². The molecule has 7 nitrogen and oxygen atoms in total. The first-order chi connectivity index (χ1) is 15.5. The summed E-state index contributed by atoms with van der Waals surface area (Å²) in [5.74, 6) is 1.14. The molecule has 0 spiro atoms. The molecule has 2 aromatic carbocycles. The standard InChI is InChI=1S/C23H26Cl2N2O5S/c1-5-10-30-21-19(24)11-16(12-20(21)25)23(2,3)15-6-8-18(9-7-15)31-13-17-14-32-22(26-17)27-33(4,28)29/h6-9,11-12,14H,5,10,13H2,1-4H3,(H,26,27). The van der Waals surface area contributed by atoms with Gasteiger partial charge in [-0.3, -0.25) is 0 Å². The van der Waals surface area contributed by atoms with Crippen molar-refractivity contribution in [2.24, 2.45) is 0 Å². The lowest BCUT2D eigenvalue weighted by Gasteiger charge is -2.27. The second-order valence-electron chi connectivity index (χ2n) is 8.07. The number of hydrogen-bond donors (Lipinski definition) is 1. The molecule has 0 amide bonds. The van der Waals surface area contributed by atoms with Crippen LogP contribution in [-0.4, -0.2) is 26.3 Å². The quantitative estimate of drug-likeness (QED) is 0.355. The van der Waals surface area contributed by atoms with Crippen LogP contribution in [0.25, 0.3) is 0 Å². The van der Waals surface area contributed by atoms with Gasteiger partial charge in [0, 0.05) is 5.41 Å². The number of halogens is 2. The van der Waals surface area contributed by atoms with Crippen molar-refractivity contribution in [1.29, 1.82) is 0 Å². The maximum absolute atomic E-state index is 11.2. The van der Waals surface area contributed by atoms with Crippen molar-refractivity contribution in [3.05, 3.63) is 69.5 Å². The molecule has 178 valence electrons. The first kappa shape index (κ1) is 25.2. The topological polar surface area (TPSA) is 90.7 Å². The number of anilines is 1. The van der Waals surface area contributed by atoms with Crippen LogP contribution < -0.4 is 14.2 Å². The van der Waals surface area contributed by atoms with Crippen LogP contribution in [0.2, 0.25) is 10.0 Å². The van der Waals surface area contributed by atoms with E-state index in [4.69, 9.17) is 37.1 Å². The number of benzene rings is 2. The molecule has 0 aliphatic rings. The van der Waals surface area contributed by atoms with Crippen molar-refractivity contribution in [1.82, 2.24) is 4.98 Å². The average Bonchev–Trinajstić information content (AvgIpc) is 3.17. The van der Waals surface area contributed by atoms with Gasteiger partial charge in [-0.2, -0.15) is 4.98 Å². The first-order valence-electron chi connectivity index (χ1n) is 10.3. The van der Waals surface area contributed by atoms with Gasteiger partial charge in [0.05, 0.1) is 22.9 Å². The molecule has 33 heavy (non-hydrogen) atoms. The lowest BCUT2D eigenvalue weighted by molar-refractivity contribution is 0.301. The zero-order valence-electron chi connectivity index (χ0n) is 18.8. The minimum Gasteiger partial charge on any atom is -0.490 e. The second kappa shape index (κ2) is 10.2. The number of ether oxygens (including phenoxy) is 2. The Bertz CT molecular complexity index is 1180. The Morgan fingerprint density at radius 1 is 1.06 bits per heavy atom. The summed E-state index contributed by atoms with van der Waals surface area (Å²) in [6.07, 6.45) is 3.23. The summed E-state index contributed by atoms with van der Waals surface area (Å²) in [6.45, 7) is 6.87. The number of hydrogen-bond acceptors (Lipinski definition) is 6. The lowest BCUT2D eigenvalue weighted by Crippen LogP contribution is -2.19. The molecule has 1 heterocycles. The summed E-state index contributed by atoms with van der Waals surface area (Å²) in [7, 11) is -3.46. The summed E-state index contributed by atoms with van der Waals surface area (Å²) in [5, 5.41) is 0.965. The second-order valence-corrected chi connectivity index (χ2v) is 10.6. The fraction of sp³-hybridized carbons (Fsp3) is 0.348. The van der Waals surface area contributed by atoms with Gasteiger partial charge in [0.25, 0.3) is 0 Å². The highest BCUT2D eigenvalue weighted by Crippen LogP contribution is 2.40. The average molecular weight is 513 g/mol. The van der Waals surface area contributed by atoms with Crippen LogP contribution in [0.4, 0.5) is 6.01 Å². The minimum atomic E-state index is -3.46. The van der Waals surface area contributed by atoms with Crippen LogP contribution in [0.1, 0.15) is 44.0 Å². The molecule has 10 heteroatoms. The van der Waals surface area contributed by atoms with Gasteiger partial charge < -0.3 is 13.9 Å². The van der Waals surface area contributed by atoms with Crippen LogP contribution in [-0.2, 0) is 22.0 Å². The molecular formula is C23H26Cl2N2O5S. The van der Waals surface area contributed by atoms with Crippen molar-refractivity contribution in [3.63, 3.8) is 0 Å². The third-order valence-corrected chi connectivity index (χ3v) is 6.06. The summed E-state index contributed by atoms with van der Waals surface area (Å²) >= 11 is 12.9. The van der Waals surface area contributed by atoms with Crippen LogP contribution >= 0.6 is 23.2 Å². The maximum atomic E-state index is 11.2. The van der Waals surface area contributed by atoms with E-state index in [1.807, 2.05) is 43.3 Å². The first-order valence-corrected chi connectivity index (χ1v) is 12.9. The van der Waals surface area contributed by atoms with Gasteiger partial charge in [-0.25, -0.2) is 13.1 Å². The third-order valence-electron chi connectivity index (χ3n) is 4.96. The van der Waals surface area contributed by atoms with Gasteiger partial charge in [0.1, 0.15) is 24.3 Å². The van der Waals surface area contributed by atoms with Crippen molar-refractivity contribution in [3.8, 4) is 11.5 Å². The Morgan fingerprint density at radius 2 is 1.70 bits per heavy atom. The van der Waals surface area contributed by atoms with Gasteiger partial charge in [-0.15, -0.1) is 0 Å². The molecule has 3 aromatic rings. The Hall–Kier alpha value is -2.42. The summed E-state index contributed by atoms with van der Waals surface area (Å²) in [6, 6.07) is 11.3. The van der Waals surface area contributed by atoms with Gasteiger partial charge in [0.2, 0.25) is 10.0 Å². The van der Waals surface area contributed by atoms with Crippen molar-refractivity contribution >= 4 is 39.2 Å².